The van der Waals surface area contributed by atoms with Gasteiger partial charge in [-0.3, -0.25) is 4.68 Å². The highest BCUT2D eigenvalue weighted by molar-refractivity contribution is 6.31. The van der Waals surface area contributed by atoms with Crippen LogP contribution in [0, 0.1) is 13.8 Å². The van der Waals surface area contributed by atoms with Crippen molar-refractivity contribution in [3.8, 4) is 0 Å². The number of nitrogens with zero attached hydrogens (tertiary/aromatic N) is 4. The van der Waals surface area contributed by atoms with Crippen LogP contribution in [0.5, 0.6) is 0 Å². The molecule has 6 heteroatoms. The number of hydrogen-bond acceptors (Lipinski definition) is 4. The molecule has 20 heavy (non-hydrogen) atoms. The van der Waals surface area contributed by atoms with Crippen LogP contribution in [0.3, 0.4) is 0 Å². The fourth-order valence-electron chi connectivity index (χ4n) is 2.31. The Kier molecular flexibility index (Phi) is 4.40. The molecule has 5 nitrogen and oxygen atoms in total. The van der Waals surface area contributed by atoms with Crippen LogP contribution in [-0.4, -0.2) is 20.0 Å². The second-order valence-electron chi connectivity index (χ2n) is 5.02. The second-order valence-corrected chi connectivity index (χ2v) is 5.40. The molecule has 0 amide bonds. The van der Waals surface area contributed by atoms with E-state index in [2.05, 4.69) is 15.3 Å². The first-order valence-corrected chi connectivity index (χ1v) is 7.08. The van der Waals surface area contributed by atoms with Crippen molar-refractivity contribution < 1.29 is 0 Å². The standard InChI is InChI=1S/C14H20ClN5/c1-5-12-14(15)13(20(4)19-12)7-11(16)10-6-8(2)17-18-9(10)3/h6,11H,5,7,16H2,1-4H3. The van der Waals surface area contributed by atoms with Gasteiger partial charge in [0.2, 0.25) is 0 Å². The van der Waals surface area contributed by atoms with Crippen molar-refractivity contribution in [1.29, 1.82) is 0 Å². The van der Waals surface area contributed by atoms with E-state index in [-0.39, 0.29) is 6.04 Å². The van der Waals surface area contributed by atoms with Crippen LogP contribution in [0.15, 0.2) is 6.07 Å². The van der Waals surface area contributed by atoms with E-state index < -0.39 is 0 Å². The predicted molar refractivity (Wildman–Crippen MR) is 79.7 cm³/mol. The lowest BCUT2D eigenvalue weighted by Crippen LogP contribution is -2.18. The molecule has 1 unspecified atom stereocenters. The summed E-state index contributed by atoms with van der Waals surface area (Å²) in [6.07, 6.45) is 1.45. The van der Waals surface area contributed by atoms with Crippen molar-refractivity contribution in [1.82, 2.24) is 20.0 Å². The summed E-state index contributed by atoms with van der Waals surface area (Å²) in [5.74, 6) is 0. The summed E-state index contributed by atoms with van der Waals surface area (Å²) in [5, 5.41) is 13.3. The maximum atomic E-state index is 6.37. The zero-order valence-corrected chi connectivity index (χ0v) is 13.1. The lowest BCUT2D eigenvalue weighted by molar-refractivity contribution is 0.631. The molecule has 0 radical (unpaired) electrons. The molecule has 108 valence electrons. The first kappa shape index (κ1) is 14.9. The molecule has 2 rings (SSSR count). The highest BCUT2D eigenvalue weighted by Crippen LogP contribution is 2.26. The Morgan fingerprint density at radius 1 is 1.35 bits per heavy atom. The van der Waals surface area contributed by atoms with Crippen molar-refractivity contribution >= 4 is 11.6 Å². The van der Waals surface area contributed by atoms with E-state index in [1.807, 2.05) is 38.6 Å². The van der Waals surface area contributed by atoms with Crippen molar-refractivity contribution in [3.05, 3.63) is 39.4 Å². The lowest BCUT2D eigenvalue weighted by Gasteiger charge is -2.14. The smallest absolute Gasteiger partial charge is 0.0850 e. The monoisotopic (exact) mass is 293 g/mol. The van der Waals surface area contributed by atoms with Crippen molar-refractivity contribution in [2.75, 3.05) is 0 Å². The summed E-state index contributed by atoms with van der Waals surface area (Å²) in [6, 6.07) is 1.82. The van der Waals surface area contributed by atoms with E-state index in [0.717, 1.165) is 39.8 Å². The third kappa shape index (κ3) is 2.83. The third-order valence-electron chi connectivity index (χ3n) is 3.46. The van der Waals surface area contributed by atoms with Crippen LogP contribution in [0.1, 0.15) is 41.3 Å². The van der Waals surface area contributed by atoms with Crippen molar-refractivity contribution in [2.45, 2.75) is 39.7 Å². The minimum atomic E-state index is -0.165. The average molecular weight is 294 g/mol. The fourth-order valence-corrected chi connectivity index (χ4v) is 2.68. The Morgan fingerprint density at radius 3 is 2.65 bits per heavy atom. The van der Waals surface area contributed by atoms with Gasteiger partial charge in [-0.25, -0.2) is 0 Å². The van der Waals surface area contributed by atoms with Crippen LogP contribution >= 0.6 is 11.6 Å². The summed E-state index contributed by atoms with van der Waals surface area (Å²) >= 11 is 6.37. The summed E-state index contributed by atoms with van der Waals surface area (Å²) < 4.78 is 1.82. The molecule has 0 saturated carbocycles. The molecule has 2 aromatic rings. The van der Waals surface area contributed by atoms with Gasteiger partial charge in [0.25, 0.3) is 0 Å². The Balaban J connectivity index is 2.30. The van der Waals surface area contributed by atoms with Gasteiger partial charge in [-0.2, -0.15) is 15.3 Å². The highest BCUT2D eigenvalue weighted by Gasteiger charge is 2.18. The van der Waals surface area contributed by atoms with E-state index >= 15 is 0 Å². The molecular formula is C14H20ClN5. The van der Waals surface area contributed by atoms with Crippen LogP contribution in [0.4, 0.5) is 0 Å². The van der Waals surface area contributed by atoms with Crippen LogP contribution < -0.4 is 5.73 Å². The van der Waals surface area contributed by atoms with Crippen LogP contribution in [0.2, 0.25) is 5.02 Å². The van der Waals surface area contributed by atoms with Gasteiger partial charge in [-0.1, -0.05) is 18.5 Å². The number of hydrogen-bond donors (Lipinski definition) is 1. The van der Waals surface area contributed by atoms with Gasteiger partial charge in [-0.15, -0.1) is 0 Å². The fraction of sp³-hybridized carbons (Fsp3) is 0.500. The molecule has 0 saturated heterocycles. The minimum Gasteiger partial charge on any atom is -0.324 e. The Bertz CT molecular complexity index is 620. The number of nitrogens with two attached hydrogens (primary N) is 1. The van der Waals surface area contributed by atoms with Crippen molar-refractivity contribution in [3.63, 3.8) is 0 Å². The molecule has 2 heterocycles. The second kappa shape index (κ2) is 5.89. The van der Waals surface area contributed by atoms with Gasteiger partial charge in [0.1, 0.15) is 0 Å². The highest BCUT2D eigenvalue weighted by atomic mass is 35.5. The van der Waals surface area contributed by atoms with Gasteiger partial charge in [0.15, 0.2) is 0 Å². The lowest BCUT2D eigenvalue weighted by atomic mass is 10.0. The van der Waals surface area contributed by atoms with E-state index in [1.165, 1.54) is 0 Å². The summed E-state index contributed by atoms with van der Waals surface area (Å²) in [6.45, 7) is 5.87. The molecule has 0 spiro atoms. The molecule has 0 aliphatic heterocycles. The maximum Gasteiger partial charge on any atom is 0.0850 e. The Labute approximate surface area is 124 Å². The van der Waals surface area contributed by atoms with E-state index in [0.29, 0.717) is 6.42 Å². The molecular weight excluding hydrogens is 274 g/mol. The van der Waals surface area contributed by atoms with Gasteiger partial charge in [-0.05, 0) is 31.9 Å². The van der Waals surface area contributed by atoms with Crippen LogP contribution in [-0.2, 0) is 19.9 Å². The first-order valence-electron chi connectivity index (χ1n) is 6.70. The maximum absolute atomic E-state index is 6.37. The average Bonchev–Trinajstić information content (AvgIpc) is 2.68. The quantitative estimate of drug-likeness (QED) is 0.939. The molecule has 0 aliphatic rings. The van der Waals surface area contributed by atoms with Gasteiger partial charge in [0, 0.05) is 19.5 Å². The third-order valence-corrected chi connectivity index (χ3v) is 3.89. The summed E-state index contributed by atoms with van der Waals surface area (Å²) in [5.41, 5.74) is 10.9. The zero-order chi connectivity index (χ0) is 14.9. The predicted octanol–water partition coefficient (Wildman–Crippen LogP) is 2.29. The molecule has 2 aromatic heterocycles. The van der Waals surface area contributed by atoms with Crippen LogP contribution in [0.25, 0.3) is 0 Å². The number of aromatic nitrogens is 4. The number of rotatable bonds is 4. The number of aryl methyl sites for hydroxylation is 4. The molecule has 1 atom stereocenters. The molecule has 0 bridgehead atoms. The van der Waals surface area contributed by atoms with Gasteiger partial charge >= 0.3 is 0 Å². The number of halogens is 1. The largest absolute Gasteiger partial charge is 0.324 e. The minimum absolute atomic E-state index is 0.165. The Morgan fingerprint density at radius 2 is 2.05 bits per heavy atom. The van der Waals surface area contributed by atoms with Gasteiger partial charge in [0.05, 0.1) is 27.8 Å². The van der Waals surface area contributed by atoms with Gasteiger partial charge < -0.3 is 5.73 Å². The zero-order valence-electron chi connectivity index (χ0n) is 12.3. The SMILES string of the molecule is CCc1nn(C)c(CC(N)c2cc(C)nnc2C)c1Cl. The van der Waals surface area contributed by atoms with E-state index in [4.69, 9.17) is 17.3 Å². The molecule has 0 aliphatic carbocycles. The topological polar surface area (TPSA) is 69.6 Å². The first-order chi connectivity index (χ1) is 9.43. The summed E-state index contributed by atoms with van der Waals surface area (Å²) in [7, 11) is 1.90. The molecule has 0 fully saturated rings. The van der Waals surface area contributed by atoms with Crippen molar-refractivity contribution in [2.24, 2.45) is 12.8 Å². The molecule has 2 N–H and O–H groups in total. The normalized spacial score (nSPS) is 12.7. The van der Waals surface area contributed by atoms with E-state index in [1.54, 1.807) is 0 Å². The summed E-state index contributed by atoms with van der Waals surface area (Å²) in [4.78, 5) is 0. The van der Waals surface area contributed by atoms with E-state index in [9.17, 15) is 0 Å². The molecule has 0 aromatic carbocycles. The Hall–Kier alpha value is -1.46.